The molecule has 4 aliphatic carbocycles. The Hall–Kier alpha value is -2.12. The minimum atomic E-state index is -1.22. The van der Waals surface area contributed by atoms with Gasteiger partial charge in [0.2, 0.25) is 0 Å². The third-order valence-electron chi connectivity index (χ3n) is 11.9. The van der Waals surface area contributed by atoms with E-state index in [1.807, 2.05) is 0 Å². The summed E-state index contributed by atoms with van der Waals surface area (Å²) >= 11 is 0. The summed E-state index contributed by atoms with van der Waals surface area (Å²) in [6, 6.07) is 0. The first-order chi connectivity index (χ1) is 19.3. The maximum atomic E-state index is 12.7. The van der Waals surface area contributed by atoms with Crippen LogP contribution in [0.3, 0.4) is 0 Å². The summed E-state index contributed by atoms with van der Waals surface area (Å²) in [7, 11) is 0. The monoisotopic (exact) mass is 576 g/mol. The standard InChI is InChI=1S/C33H52O8/c1-8-38-29(36)25(30(37)39-9-2)19-20(3)26-14-15-27-24-13-12-23-11-10-17-33(40-21(4)34,41-22(5)35)32(23,7)28(24)16-18-31(26,27)6/h20,23-28H,8-19H2,1-7H3/t20-,23?,24+,26-,27+,28+,31-,32+/m1/s1. The molecule has 0 radical (unpaired) electrons. The minimum absolute atomic E-state index is 0.0812. The molecule has 0 aromatic heterocycles. The smallest absolute Gasteiger partial charge is 0.320 e. The number of rotatable bonds is 9. The van der Waals surface area contributed by atoms with Gasteiger partial charge in [0.25, 0.3) is 5.79 Å². The molecule has 4 fully saturated rings. The van der Waals surface area contributed by atoms with Crippen LogP contribution < -0.4 is 0 Å². The second kappa shape index (κ2) is 12.2. The minimum Gasteiger partial charge on any atom is -0.465 e. The molecule has 8 atom stereocenters. The fourth-order valence-electron chi connectivity index (χ4n) is 10.4. The molecular weight excluding hydrogens is 524 g/mol. The van der Waals surface area contributed by atoms with Gasteiger partial charge in [-0.15, -0.1) is 0 Å². The second-order valence-electron chi connectivity index (χ2n) is 13.8. The van der Waals surface area contributed by atoms with Gasteiger partial charge in [-0.1, -0.05) is 20.8 Å². The third kappa shape index (κ3) is 5.53. The Morgan fingerprint density at radius 2 is 1.39 bits per heavy atom. The molecule has 0 N–H and O–H groups in total. The molecule has 41 heavy (non-hydrogen) atoms. The first-order valence-corrected chi connectivity index (χ1v) is 16.1. The van der Waals surface area contributed by atoms with Gasteiger partial charge in [-0.05, 0) is 113 Å². The van der Waals surface area contributed by atoms with E-state index in [4.69, 9.17) is 18.9 Å². The molecule has 4 saturated carbocycles. The van der Waals surface area contributed by atoms with Crippen LogP contribution in [0.25, 0.3) is 0 Å². The van der Waals surface area contributed by atoms with Crippen molar-refractivity contribution in [2.24, 2.45) is 52.3 Å². The van der Waals surface area contributed by atoms with Crippen molar-refractivity contribution in [3.63, 3.8) is 0 Å². The Morgan fingerprint density at radius 1 is 0.780 bits per heavy atom. The summed E-state index contributed by atoms with van der Waals surface area (Å²) in [6.07, 6.45) is 9.27. The van der Waals surface area contributed by atoms with Crippen molar-refractivity contribution in [2.75, 3.05) is 13.2 Å². The van der Waals surface area contributed by atoms with Crippen molar-refractivity contribution < 1.29 is 38.1 Å². The van der Waals surface area contributed by atoms with Gasteiger partial charge in [0.15, 0.2) is 5.92 Å². The first kappa shape index (κ1) is 31.8. The van der Waals surface area contributed by atoms with Crippen LogP contribution in [0.5, 0.6) is 0 Å². The quantitative estimate of drug-likeness (QED) is 0.138. The number of hydrogen-bond acceptors (Lipinski definition) is 8. The lowest BCUT2D eigenvalue weighted by atomic mass is 9.43. The number of fused-ring (bicyclic) bond motifs is 5. The number of esters is 4. The predicted octanol–water partition coefficient (Wildman–Crippen LogP) is 6.24. The molecule has 0 saturated heterocycles. The number of carbonyl (C=O) groups is 4. The lowest BCUT2D eigenvalue weighted by Crippen LogP contribution is -2.66. The second-order valence-corrected chi connectivity index (χ2v) is 13.8. The molecule has 0 aliphatic heterocycles. The van der Waals surface area contributed by atoms with Crippen molar-refractivity contribution >= 4 is 23.9 Å². The molecular formula is C33H52O8. The summed E-state index contributed by atoms with van der Waals surface area (Å²) in [4.78, 5) is 50.3. The van der Waals surface area contributed by atoms with E-state index in [0.29, 0.717) is 42.4 Å². The molecule has 4 aliphatic rings. The van der Waals surface area contributed by atoms with E-state index in [1.165, 1.54) is 13.8 Å². The lowest BCUT2D eigenvalue weighted by molar-refractivity contribution is -0.323. The summed E-state index contributed by atoms with van der Waals surface area (Å²) in [5.41, 5.74) is -0.354. The number of hydrogen-bond donors (Lipinski definition) is 0. The molecule has 0 amide bonds. The summed E-state index contributed by atoms with van der Waals surface area (Å²) < 4.78 is 22.7. The zero-order valence-corrected chi connectivity index (χ0v) is 26.3. The molecule has 0 spiro atoms. The average Bonchev–Trinajstić information content (AvgIpc) is 3.24. The molecule has 0 aromatic carbocycles. The number of carbonyl (C=O) groups excluding carboxylic acids is 4. The Morgan fingerprint density at radius 3 is 1.95 bits per heavy atom. The van der Waals surface area contributed by atoms with Gasteiger partial charge in [0.1, 0.15) is 0 Å². The van der Waals surface area contributed by atoms with Crippen molar-refractivity contribution in [1.82, 2.24) is 0 Å². The van der Waals surface area contributed by atoms with E-state index < -0.39 is 41.0 Å². The molecule has 0 aromatic rings. The number of ether oxygens (including phenoxy) is 4. The van der Waals surface area contributed by atoms with Gasteiger partial charge < -0.3 is 18.9 Å². The Bertz CT molecular complexity index is 973. The molecule has 1 unspecified atom stereocenters. The normalized spacial score (nSPS) is 36.2. The highest BCUT2D eigenvalue weighted by Gasteiger charge is 2.69. The molecule has 8 nitrogen and oxygen atoms in total. The Kier molecular flexibility index (Phi) is 9.50. The van der Waals surface area contributed by atoms with Crippen LogP contribution in [0.4, 0.5) is 0 Å². The van der Waals surface area contributed by atoms with Crippen LogP contribution in [0.2, 0.25) is 0 Å². The van der Waals surface area contributed by atoms with Crippen LogP contribution in [0.15, 0.2) is 0 Å². The maximum absolute atomic E-state index is 12.7. The van der Waals surface area contributed by atoms with Gasteiger partial charge in [-0.25, -0.2) is 0 Å². The van der Waals surface area contributed by atoms with Crippen molar-refractivity contribution in [2.45, 2.75) is 118 Å². The summed E-state index contributed by atoms with van der Waals surface area (Å²) in [5, 5.41) is 0. The van der Waals surface area contributed by atoms with Crippen molar-refractivity contribution in [3.05, 3.63) is 0 Å². The van der Waals surface area contributed by atoms with Gasteiger partial charge in [0, 0.05) is 20.3 Å². The molecule has 8 heteroatoms. The highest BCUT2D eigenvalue weighted by atomic mass is 16.7. The van der Waals surface area contributed by atoms with Crippen LogP contribution in [0.1, 0.15) is 113 Å². The zero-order chi connectivity index (χ0) is 30.2. The SMILES string of the molecule is CCOC(=O)C(C[C@@H](C)[C@H]1CC[C@H]2[C@@H]3CCC4CCCC(OC(C)=O)(OC(C)=O)[C@]4(C)[C@H]3CC[C@]12C)C(=O)OCC. The lowest BCUT2D eigenvalue weighted by Gasteiger charge is -2.64. The van der Waals surface area contributed by atoms with Crippen LogP contribution in [-0.2, 0) is 38.1 Å². The highest BCUT2D eigenvalue weighted by molar-refractivity contribution is 5.94. The predicted molar refractivity (Wildman–Crippen MR) is 152 cm³/mol. The highest BCUT2D eigenvalue weighted by Crippen LogP contribution is 2.70. The third-order valence-corrected chi connectivity index (χ3v) is 11.9. The van der Waals surface area contributed by atoms with E-state index in [2.05, 4.69) is 20.8 Å². The molecule has 232 valence electrons. The Balaban J connectivity index is 1.60. The van der Waals surface area contributed by atoms with Gasteiger partial charge in [-0.3, -0.25) is 19.2 Å². The Labute approximate surface area is 245 Å². The van der Waals surface area contributed by atoms with Gasteiger partial charge >= 0.3 is 23.9 Å². The zero-order valence-electron chi connectivity index (χ0n) is 26.3. The maximum Gasteiger partial charge on any atom is 0.320 e. The fourth-order valence-corrected chi connectivity index (χ4v) is 10.4. The van der Waals surface area contributed by atoms with E-state index in [-0.39, 0.29) is 24.5 Å². The van der Waals surface area contributed by atoms with Gasteiger partial charge in [-0.2, -0.15) is 0 Å². The van der Waals surface area contributed by atoms with Crippen molar-refractivity contribution in [1.29, 1.82) is 0 Å². The fraction of sp³-hybridized carbons (Fsp3) is 0.879. The molecule has 4 rings (SSSR count). The van der Waals surface area contributed by atoms with E-state index in [1.54, 1.807) is 13.8 Å². The van der Waals surface area contributed by atoms with Crippen molar-refractivity contribution in [3.8, 4) is 0 Å². The van der Waals surface area contributed by atoms with Crippen LogP contribution >= 0.6 is 0 Å². The average molecular weight is 577 g/mol. The largest absolute Gasteiger partial charge is 0.465 e. The van der Waals surface area contributed by atoms with E-state index >= 15 is 0 Å². The van der Waals surface area contributed by atoms with E-state index in [0.717, 1.165) is 51.4 Å². The summed E-state index contributed by atoms with van der Waals surface area (Å²) in [6.45, 7) is 13.6. The van der Waals surface area contributed by atoms with Crippen LogP contribution in [-0.4, -0.2) is 42.9 Å². The first-order valence-electron chi connectivity index (χ1n) is 16.1. The van der Waals surface area contributed by atoms with Crippen LogP contribution in [0, 0.1) is 52.3 Å². The topological polar surface area (TPSA) is 105 Å². The van der Waals surface area contributed by atoms with Gasteiger partial charge in [0.05, 0.1) is 18.6 Å². The van der Waals surface area contributed by atoms with E-state index in [9.17, 15) is 19.2 Å². The molecule has 0 bridgehead atoms. The summed E-state index contributed by atoms with van der Waals surface area (Å²) in [5.74, 6) is -1.79. The molecule has 0 heterocycles.